The average Bonchev–Trinajstić information content (AvgIpc) is 3.70. The predicted octanol–water partition coefficient (Wildman–Crippen LogP) is 4.34. The number of rotatable bonds is 21. The predicted molar refractivity (Wildman–Crippen MR) is 205 cm³/mol. The van der Waals surface area contributed by atoms with Crippen molar-refractivity contribution in [3.63, 3.8) is 0 Å². The molecule has 0 radical (unpaired) electrons. The first-order valence-corrected chi connectivity index (χ1v) is 20.5. The van der Waals surface area contributed by atoms with Crippen molar-refractivity contribution in [3.8, 4) is 0 Å². The fraction of sp³-hybridized carbons (Fsp3) is 0.690. The number of ether oxygens (including phenoxy) is 9. The number of fused-ring (bicyclic) bond motifs is 2. The summed E-state index contributed by atoms with van der Waals surface area (Å²) in [7, 11) is 0. The highest BCUT2D eigenvalue weighted by atomic mass is 16.8. The third-order valence-electron chi connectivity index (χ3n) is 10.4. The number of nitrogens with one attached hydrogen (secondary N) is 1. The molecule has 1 unspecified atom stereocenters. The highest BCUT2D eigenvalue weighted by Crippen LogP contribution is 2.51. The quantitative estimate of drug-likeness (QED) is 0.0737. The molecule has 4 aliphatic rings. The van der Waals surface area contributed by atoms with Gasteiger partial charge in [-0.15, -0.1) is 0 Å². The van der Waals surface area contributed by atoms with Crippen LogP contribution in [-0.4, -0.2) is 104 Å². The van der Waals surface area contributed by atoms with Crippen molar-refractivity contribution < 1.29 is 76.2 Å². The highest BCUT2D eigenvalue weighted by Gasteiger charge is 2.61. The van der Waals surface area contributed by atoms with Gasteiger partial charge < -0.3 is 47.9 Å². The first-order chi connectivity index (χ1) is 28.1. The summed E-state index contributed by atoms with van der Waals surface area (Å²) in [5.41, 5.74) is -1.34. The summed E-state index contributed by atoms with van der Waals surface area (Å²) in [5, 5.41) is 2.97. The Morgan fingerprint density at radius 3 is 1.95 bits per heavy atom. The van der Waals surface area contributed by atoms with Crippen LogP contribution in [0.5, 0.6) is 0 Å². The Labute approximate surface area is 344 Å². The Kier molecular flexibility index (Phi) is 17.5. The van der Waals surface area contributed by atoms with Gasteiger partial charge in [0.2, 0.25) is 12.6 Å². The lowest BCUT2D eigenvalue weighted by atomic mass is 9.78. The minimum absolute atomic E-state index is 0.0399. The van der Waals surface area contributed by atoms with E-state index in [4.69, 9.17) is 42.6 Å². The van der Waals surface area contributed by atoms with Crippen LogP contribution in [0.4, 0.5) is 0 Å². The standard InChI is InChI=1S/C42H59NO16/c1-8-9-10-11-12-13-14-15-16-17-20-43-38(49)32-22-52-40(34-30(32)18-19-42(34)21-31(39(50)59-42)24(2)53-26(4)45)58-41-37(56-29(7)48)36(55-28(6)47)35(54-27(5)46)33(57-41)23-51-25(3)44/h18-19,21-22,24,30,33-37,40-41H,8-17,20,23H2,1-7H3,(H,43,49)/t24-,30+,33+,34+,35+,36-,37+,40+,41-,42?/m0/s1. The zero-order chi connectivity index (χ0) is 43.3. The summed E-state index contributed by atoms with van der Waals surface area (Å²) in [6.07, 6.45) is 7.44. The third kappa shape index (κ3) is 12.9. The lowest BCUT2D eigenvalue weighted by molar-refractivity contribution is -0.347. The SMILES string of the molecule is CCCCCCCCCCCCNC(=O)C1=CO[C@H](O[C@@H]2O[C@H](COC(C)=O)[C@@H](OC(C)=O)[C@H](OC(C)=O)[C@H]2OC(C)=O)[C@H]2[C@@H]1C=CC21C=C([C@H](C)OC(C)=O)C(=O)O1. The minimum Gasteiger partial charge on any atom is -0.471 e. The van der Waals surface area contributed by atoms with Gasteiger partial charge in [-0.3, -0.25) is 28.8 Å². The van der Waals surface area contributed by atoms with Crippen LogP contribution in [-0.2, 0) is 76.2 Å². The van der Waals surface area contributed by atoms with Gasteiger partial charge in [-0.1, -0.05) is 70.8 Å². The molecular formula is C42H59NO16. The van der Waals surface area contributed by atoms with E-state index in [1.165, 1.54) is 64.7 Å². The zero-order valence-corrected chi connectivity index (χ0v) is 35.0. The molecule has 0 saturated carbocycles. The van der Waals surface area contributed by atoms with E-state index in [0.29, 0.717) is 6.54 Å². The molecule has 1 spiro atoms. The second-order valence-electron chi connectivity index (χ2n) is 15.2. The molecule has 3 aliphatic heterocycles. The fourth-order valence-corrected chi connectivity index (χ4v) is 7.81. The van der Waals surface area contributed by atoms with Gasteiger partial charge in [0.05, 0.1) is 23.3 Å². The highest BCUT2D eigenvalue weighted by molar-refractivity contribution is 5.96. The molecular weight excluding hydrogens is 774 g/mol. The number of hydrogen-bond acceptors (Lipinski definition) is 16. The Morgan fingerprint density at radius 1 is 0.763 bits per heavy atom. The average molecular weight is 834 g/mol. The molecule has 3 heterocycles. The van der Waals surface area contributed by atoms with Gasteiger partial charge in [-0.05, 0) is 25.5 Å². The van der Waals surface area contributed by atoms with Crippen LogP contribution in [0.25, 0.3) is 0 Å². The van der Waals surface area contributed by atoms with E-state index in [-0.39, 0.29) is 11.1 Å². The summed E-state index contributed by atoms with van der Waals surface area (Å²) in [6, 6.07) is 0. The van der Waals surface area contributed by atoms with Crippen LogP contribution in [0.15, 0.2) is 35.6 Å². The number of hydrogen-bond donors (Lipinski definition) is 1. The molecule has 328 valence electrons. The van der Waals surface area contributed by atoms with Crippen LogP contribution in [0.3, 0.4) is 0 Å². The maximum absolute atomic E-state index is 13.7. The van der Waals surface area contributed by atoms with Gasteiger partial charge in [-0.25, -0.2) is 4.79 Å². The van der Waals surface area contributed by atoms with E-state index < -0.39 is 109 Å². The van der Waals surface area contributed by atoms with Crippen LogP contribution in [0.2, 0.25) is 0 Å². The first-order valence-electron chi connectivity index (χ1n) is 20.5. The number of carbonyl (C=O) groups is 7. The summed E-state index contributed by atoms with van der Waals surface area (Å²) >= 11 is 0. The molecule has 1 fully saturated rings. The molecule has 4 rings (SSSR count). The second kappa shape index (κ2) is 22.0. The lowest BCUT2D eigenvalue weighted by Crippen LogP contribution is -2.64. The largest absolute Gasteiger partial charge is 0.471 e. The van der Waals surface area contributed by atoms with E-state index in [9.17, 15) is 33.6 Å². The smallest absolute Gasteiger partial charge is 0.338 e. The van der Waals surface area contributed by atoms with Crippen molar-refractivity contribution in [3.05, 3.63) is 35.6 Å². The van der Waals surface area contributed by atoms with Crippen molar-refractivity contribution in [1.29, 1.82) is 0 Å². The van der Waals surface area contributed by atoms with Crippen molar-refractivity contribution in [1.82, 2.24) is 5.32 Å². The Bertz CT molecular complexity index is 1640. The molecule has 1 N–H and O–H groups in total. The summed E-state index contributed by atoms with van der Waals surface area (Å²) in [6.45, 7) is 9.27. The van der Waals surface area contributed by atoms with E-state index in [0.717, 1.165) is 53.4 Å². The minimum atomic E-state index is -1.65. The zero-order valence-electron chi connectivity index (χ0n) is 35.0. The van der Waals surface area contributed by atoms with E-state index in [1.54, 1.807) is 12.2 Å². The van der Waals surface area contributed by atoms with E-state index in [1.807, 2.05) is 0 Å². The molecule has 0 aromatic heterocycles. The molecule has 1 amide bonds. The van der Waals surface area contributed by atoms with Crippen molar-refractivity contribution in [2.45, 2.75) is 161 Å². The number of esters is 6. The van der Waals surface area contributed by atoms with Gasteiger partial charge in [0.15, 0.2) is 23.9 Å². The lowest BCUT2D eigenvalue weighted by Gasteiger charge is -2.46. The van der Waals surface area contributed by atoms with Crippen molar-refractivity contribution in [2.24, 2.45) is 11.8 Å². The molecule has 1 saturated heterocycles. The number of carbonyl (C=O) groups excluding carboxylic acids is 7. The van der Waals surface area contributed by atoms with Crippen LogP contribution in [0.1, 0.15) is 113 Å². The van der Waals surface area contributed by atoms with Gasteiger partial charge in [0.1, 0.15) is 18.8 Å². The van der Waals surface area contributed by atoms with Crippen molar-refractivity contribution >= 4 is 41.7 Å². The molecule has 59 heavy (non-hydrogen) atoms. The molecule has 17 nitrogen and oxygen atoms in total. The third-order valence-corrected chi connectivity index (χ3v) is 10.4. The van der Waals surface area contributed by atoms with E-state index >= 15 is 0 Å². The Hall–Kier alpha value is -4.77. The van der Waals surface area contributed by atoms with Crippen LogP contribution >= 0.6 is 0 Å². The van der Waals surface area contributed by atoms with Crippen molar-refractivity contribution in [2.75, 3.05) is 13.2 Å². The molecule has 0 bridgehead atoms. The van der Waals surface area contributed by atoms with Crippen LogP contribution < -0.4 is 5.32 Å². The van der Waals surface area contributed by atoms with Gasteiger partial charge in [0.25, 0.3) is 5.91 Å². The first kappa shape index (κ1) is 46.9. The fourth-order valence-electron chi connectivity index (χ4n) is 7.81. The normalized spacial score (nSPS) is 28.6. The van der Waals surface area contributed by atoms with E-state index in [2.05, 4.69) is 12.2 Å². The van der Waals surface area contributed by atoms with Gasteiger partial charge >= 0.3 is 35.8 Å². The molecule has 10 atom stereocenters. The second-order valence-corrected chi connectivity index (χ2v) is 15.2. The summed E-state index contributed by atoms with van der Waals surface area (Å²) in [5.74, 6) is -6.80. The molecule has 1 aliphatic carbocycles. The number of allylic oxidation sites excluding steroid dienone is 1. The maximum atomic E-state index is 13.7. The number of unbranched alkanes of at least 4 members (excludes halogenated alkanes) is 9. The molecule has 0 aromatic rings. The Morgan fingerprint density at radius 2 is 1.36 bits per heavy atom. The molecule has 17 heteroatoms. The number of amides is 1. The van der Waals surface area contributed by atoms with Gasteiger partial charge in [0, 0.05) is 47.1 Å². The van der Waals surface area contributed by atoms with Crippen LogP contribution in [0, 0.1) is 11.8 Å². The Balaban J connectivity index is 1.62. The monoisotopic (exact) mass is 833 g/mol. The summed E-state index contributed by atoms with van der Waals surface area (Å²) < 4.78 is 51.8. The maximum Gasteiger partial charge on any atom is 0.338 e. The summed E-state index contributed by atoms with van der Waals surface area (Å²) in [4.78, 5) is 87.9. The topological polar surface area (TPSA) is 215 Å². The van der Waals surface area contributed by atoms with Gasteiger partial charge in [-0.2, -0.15) is 0 Å². The molecule has 0 aromatic carbocycles.